The first-order valence-corrected chi connectivity index (χ1v) is 13.3. The lowest BCUT2D eigenvalue weighted by atomic mass is 10.0. The Kier molecular flexibility index (Phi) is 7.15. The van der Waals surface area contributed by atoms with Crippen LogP contribution in [0.2, 0.25) is 0 Å². The number of piperazine rings is 1. The third kappa shape index (κ3) is 5.01. The van der Waals surface area contributed by atoms with Crippen LogP contribution in [0.1, 0.15) is 23.0 Å². The predicted octanol–water partition coefficient (Wildman–Crippen LogP) is 3.49. The van der Waals surface area contributed by atoms with E-state index in [0.717, 1.165) is 46.7 Å². The van der Waals surface area contributed by atoms with Gasteiger partial charge in [-0.25, -0.2) is 4.68 Å². The van der Waals surface area contributed by atoms with Gasteiger partial charge in [-0.05, 0) is 52.4 Å². The van der Waals surface area contributed by atoms with Crippen LogP contribution in [0.3, 0.4) is 0 Å². The standard InChI is InChI=1S/C30H31N7O3/c1-39-23-12-13-25-22(18-23)19-24(30(38)31-25)28(29-32-33-34-37(29)20-21-8-4-3-5-9-21)36-16-14-35(15-17-36)26-10-6-7-11-27(26)40-2/h3-13,18-19,28H,14-17,20H2,1-2H3,(H,31,38). The Morgan fingerprint density at radius 1 is 0.900 bits per heavy atom. The smallest absolute Gasteiger partial charge is 0.253 e. The number of ether oxygens (including phenoxy) is 2. The first-order valence-electron chi connectivity index (χ1n) is 13.3. The second kappa shape index (κ2) is 11.2. The van der Waals surface area contributed by atoms with Gasteiger partial charge in [0.1, 0.15) is 17.5 Å². The number of rotatable bonds is 8. The molecule has 10 heteroatoms. The molecule has 6 rings (SSSR count). The van der Waals surface area contributed by atoms with Crippen molar-refractivity contribution in [3.63, 3.8) is 0 Å². The number of methoxy groups -OCH3 is 2. The highest BCUT2D eigenvalue weighted by Gasteiger charge is 2.33. The summed E-state index contributed by atoms with van der Waals surface area (Å²) in [6.07, 6.45) is 0. The Morgan fingerprint density at radius 2 is 1.68 bits per heavy atom. The van der Waals surface area contributed by atoms with E-state index in [1.165, 1.54) is 0 Å². The highest BCUT2D eigenvalue weighted by Crippen LogP contribution is 2.32. The van der Waals surface area contributed by atoms with Gasteiger partial charge in [0.2, 0.25) is 0 Å². The molecule has 0 bridgehead atoms. The Labute approximate surface area is 231 Å². The molecule has 10 nitrogen and oxygen atoms in total. The lowest BCUT2D eigenvalue weighted by Gasteiger charge is -2.40. The van der Waals surface area contributed by atoms with Gasteiger partial charge < -0.3 is 19.4 Å². The van der Waals surface area contributed by atoms with Crippen molar-refractivity contribution in [1.82, 2.24) is 30.1 Å². The van der Waals surface area contributed by atoms with Crippen molar-refractivity contribution in [3.8, 4) is 11.5 Å². The molecule has 1 aliphatic rings. The first kappa shape index (κ1) is 25.6. The maximum Gasteiger partial charge on any atom is 0.253 e. The number of para-hydroxylation sites is 2. The fourth-order valence-electron chi connectivity index (χ4n) is 5.42. The fraction of sp³-hybridized carbons (Fsp3) is 0.267. The van der Waals surface area contributed by atoms with Crippen molar-refractivity contribution in [2.75, 3.05) is 45.3 Å². The van der Waals surface area contributed by atoms with Gasteiger partial charge in [0.15, 0.2) is 5.82 Å². The van der Waals surface area contributed by atoms with Gasteiger partial charge in [-0.15, -0.1) is 5.10 Å². The van der Waals surface area contributed by atoms with Crippen molar-refractivity contribution in [1.29, 1.82) is 0 Å². The summed E-state index contributed by atoms with van der Waals surface area (Å²) in [7, 11) is 3.33. The zero-order valence-electron chi connectivity index (χ0n) is 22.5. The molecule has 1 unspecified atom stereocenters. The largest absolute Gasteiger partial charge is 0.497 e. The molecule has 0 aliphatic carbocycles. The number of benzene rings is 3. The van der Waals surface area contributed by atoms with Gasteiger partial charge in [-0.1, -0.05) is 42.5 Å². The zero-order chi connectivity index (χ0) is 27.5. The minimum absolute atomic E-state index is 0.163. The highest BCUT2D eigenvalue weighted by atomic mass is 16.5. The first-order chi connectivity index (χ1) is 19.6. The van der Waals surface area contributed by atoms with Crippen LogP contribution < -0.4 is 19.9 Å². The summed E-state index contributed by atoms with van der Waals surface area (Å²) in [5, 5.41) is 13.7. The molecule has 1 N–H and O–H groups in total. The van der Waals surface area contributed by atoms with Crippen molar-refractivity contribution in [3.05, 3.63) is 106 Å². The molecule has 0 spiro atoms. The average molecular weight is 538 g/mol. The SMILES string of the molecule is COc1ccc2[nH]c(=O)c(C(c3nnnn3Cc3ccccc3)N3CCN(c4ccccc4OC)CC3)cc2c1. The second-order valence-electron chi connectivity index (χ2n) is 9.78. The highest BCUT2D eigenvalue weighted by molar-refractivity contribution is 5.80. The van der Waals surface area contributed by atoms with E-state index in [0.29, 0.717) is 31.0 Å². The summed E-state index contributed by atoms with van der Waals surface area (Å²) in [4.78, 5) is 21.3. The Hall–Kier alpha value is -4.70. The van der Waals surface area contributed by atoms with E-state index in [1.807, 2.05) is 72.8 Å². The zero-order valence-corrected chi connectivity index (χ0v) is 22.5. The van der Waals surface area contributed by atoms with E-state index in [1.54, 1.807) is 18.9 Å². The van der Waals surface area contributed by atoms with Crippen LogP contribution in [0.5, 0.6) is 11.5 Å². The van der Waals surface area contributed by atoms with Gasteiger partial charge in [0.25, 0.3) is 5.56 Å². The quantitative estimate of drug-likeness (QED) is 0.321. The van der Waals surface area contributed by atoms with E-state index in [-0.39, 0.29) is 5.56 Å². The van der Waals surface area contributed by atoms with Gasteiger partial charge >= 0.3 is 0 Å². The fourth-order valence-corrected chi connectivity index (χ4v) is 5.42. The number of nitrogens with zero attached hydrogens (tertiary/aromatic N) is 6. The molecule has 0 saturated carbocycles. The van der Waals surface area contributed by atoms with Gasteiger partial charge in [0.05, 0.1) is 26.5 Å². The van der Waals surface area contributed by atoms with Crippen LogP contribution in [-0.2, 0) is 6.54 Å². The van der Waals surface area contributed by atoms with E-state index >= 15 is 0 Å². The number of hydrogen-bond donors (Lipinski definition) is 1. The molecular formula is C30H31N7O3. The molecular weight excluding hydrogens is 506 g/mol. The molecule has 1 fully saturated rings. The summed E-state index contributed by atoms with van der Waals surface area (Å²) in [5.74, 6) is 2.20. The van der Waals surface area contributed by atoms with Crippen LogP contribution in [0, 0.1) is 0 Å². The van der Waals surface area contributed by atoms with Crippen LogP contribution in [0.25, 0.3) is 10.9 Å². The van der Waals surface area contributed by atoms with Crippen molar-refractivity contribution in [2.45, 2.75) is 12.6 Å². The molecule has 3 heterocycles. The number of tetrazole rings is 1. The number of pyridine rings is 1. The molecule has 204 valence electrons. The van der Waals surface area contributed by atoms with Gasteiger partial charge in [-0.3, -0.25) is 9.69 Å². The topological polar surface area (TPSA) is 101 Å². The second-order valence-corrected chi connectivity index (χ2v) is 9.78. The summed E-state index contributed by atoms with van der Waals surface area (Å²) in [6.45, 7) is 3.43. The molecule has 3 aromatic carbocycles. The summed E-state index contributed by atoms with van der Waals surface area (Å²) in [6, 6.07) is 25.2. The Balaban J connectivity index is 1.39. The van der Waals surface area contributed by atoms with Crippen molar-refractivity contribution < 1.29 is 9.47 Å². The molecule has 2 aromatic heterocycles. The minimum Gasteiger partial charge on any atom is -0.497 e. The molecule has 5 aromatic rings. The molecule has 0 amide bonds. The van der Waals surface area contributed by atoms with E-state index in [9.17, 15) is 4.79 Å². The summed E-state index contributed by atoms with van der Waals surface area (Å²) in [5.41, 5.74) is 3.32. The number of hydrogen-bond acceptors (Lipinski definition) is 8. The Morgan fingerprint density at radius 3 is 2.45 bits per heavy atom. The van der Waals surface area contributed by atoms with E-state index in [4.69, 9.17) is 9.47 Å². The van der Waals surface area contributed by atoms with Crippen molar-refractivity contribution in [2.24, 2.45) is 0 Å². The molecule has 0 radical (unpaired) electrons. The van der Waals surface area contributed by atoms with Gasteiger partial charge in [0, 0.05) is 42.6 Å². The maximum atomic E-state index is 13.6. The van der Waals surface area contributed by atoms with Crippen LogP contribution in [0.15, 0.2) is 83.7 Å². The minimum atomic E-state index is -0.446. The maximum absolute atomic E-state index is 13.6. The van der Waals surface area contributed by atoms with E-state index < -0.39 is 6.04 Å². The number of nitrogens with one attached hydrogen (secondary N) is 1. The number of aromatic nitrogens is 5. The predicted molar refractivity (Wildman–Crippen MR) is 153 cm³/mol. The van der Waals surface area contributed by atoms with Crippen LogP contribution >= 0.6 is 0 Å². The summed E-state index contributed by atoms with van der Waals surface area (Å²) < 4.78 is 12.8. The molecule has 1 saturated heterocycles. The Bertz CT molecular complexity index is 1660. The normalized spacial score (nSPS) is 14.8. The third-order valence-electron chi connectivity index (χ3n) is 7.46. The lowest BCUT2D eigenvalue weighted by Crippen LogP contribution is -2.49. The molecule has 40 heavy (non-hydrogen) atoms. The number of anilines is 1. The summed E-state index contributed by atoms with van der Waals surface area (Å²) >= 11 is 0. The molecule has 1 atom stereocenters. The number of fused-ring (bicyclic) bond motifs is 1. The number of H-pyrrole nitrogens is 1. The van der Waals surface area contributed by atoms with Crippen LogP contribution in [-0.4, -0.2) is 70.5 Å². The van der Waals surface area contributed by atoms with Crippen molar-refractivity contribution >= 4 is 16.6 Å². The number of aromatic amines is 1. The van der Waals surface area contributed by atoms with Crippen LogP contribution in [0.4, 0.5) is 5.69 Å². The van der Waals surface area contributed by atoms with Gasteiger partial charge in [-0.2, -0.15) is 0 Å². The average Bonchev–Trinajstić information content (AvgIpc) is 3.45. The lowest BCUT2D eigenvalue weighted by molar-refractivity contribution is 0.200. The molecule has 1 aliphatic heterocycles. The monoisotopic (exact) mass is 537 g/mol. The third-order valence-corrected chi connectivity index (χ3v) is 7.46. The van der Waals surface area contributed by atoms with E-state index in [2.05, 4.69) is 36.4 Å².